The summed E-state index contributed by atoms with van der Waals surface area (Å²) >= 11 is 0. The minimum absolute atomic E-state index is 0.00757. The van der Waals surface area contributed by atoms with E-state index in [2.05, 4.69) is 10.3 Å². The van der Waals surface area contributed by atoms with Gasteiger partial charge in [0, 0.05) is 42.4 Å². The summed E-state index contributed by atoms with van der Waals surface area (Å²) in [5, 5.41) is 7.93. The van der Waals surface area contributed by atoms with Crippen molar-refractivity contribution in [2.75, 3.05) is 14.1 Å². The minimum Gasteiger partial charge on any atom is -0.434 e. The Kier molecular flexibility index (Phi) is 4.99. The Balaban J connectivity index is 1.52. The lowest BCUT2D eigenvalue weighted by Crippen LogP contribution is -2.30. The number of imidazole rings is 1. The van der Waals surface area contributed by atoms with Gasteiger partial charge < -0.3 is 15.0 Å². The number of rotatable bonds is 5. The lowest BCUT2D eigenvalue weighted by Gasteiger charge is -2.23. The summed E-state index contributed by atoms with van der Waals surface area (Å²) in [4.78, 5) is 24.1. The Morgan fingerprint density at radius 2 is 2.06 bits per heavy atom. The highest BCUT2D eigenvalue weighted by molar-refractivity contribution is 5.98. The van der Waals surface area contributed by atoms with E-state index in [1.807, 2.05) is 31.3 Å². The summed E-state index contributed by atoms with van der Waals surface area (Å²) in [5.41, 5.74) is 5.45. The van der Waals surface area contributed by atoms with Crippen molar-refractivity contribution >= 4 is 11.6 Å². The quantitative estimate of drug-likeness (QED) is 0.472. The van der Waals surface area contributed by atoms with Gasteiger partial charge in [-0.05, 0) is 49.9 Å². The van der Waals surface area contributed by atoms with Crippen LogP contribution in [-0.4, -0.2) is 51.1 Å². The van der Waals surface area contributed by atoms with Crippen LogP contribution in [0.5, 0.6) is 5.75 Å². The van der Waals surface area contributed by atoms with E-state index >= 15 is 0 Å². The van der Waals surface area contributed by atoms with E-state index in [0.717, 1.165) is 22.6 Å². The number of pyridine rings is 1. The summed E-state index contributed by atoms with van der Waals surface area (Å²) < 4.78 is 33.1. The van der Waals surface area contributed by atoms with Gasteiger partial charge in [0.05, 0.1) is 28.8 Å². The van der Waals surface area contributed by atoms with Crippen LogP contribution in [0.1, 0.15) is 51.4 Å². The molecule has 0 fully saturated rings. The molecule has 1 amide bonds. The van der Waals surface area contributed by atoms with Gasteiger partial charge in [0.15, 0.2) is 5.65 Å². The molecule has 1 aliphatic heterocycles. The highest BCUT2D eigenvalue weighted by atomic mass is 19.3. The maximum atomic E-state index is 13.3. The fourth-order valence-corrected chi connectivity index (χ4v) is 5.22. The molecule has 0 radical (unpaired) electrons. The van der Waals surface area contributed by atoms with Crippen LogP contribution in [0.3, 0.4) is 0 Å². The second kappa shape index (κ2) is 8.09. The van der Waals surface area contributed by atoms with Gasteiger partial charge in [0.2, 0.25) is 0 Å². The zero-order valence-corrected chi connectivity index (χ0v) is 19.1. The first-order valence-electron chi connectivity index (χ1n) is 11.3. The first kappa shape index (κ1) is 21.6. The number of halogens is 2. The van der Waals surface area contributed by atoms with Crippen LogP contribution in [-0.2, 0) is 6.54 Å². The van der Waals surface area contributed by atoms with Crippen LogP contribution in [0.2, 0.25) is 0 Å². The lowest BCUT2D eigenvalue weighted by molar-refractivity contribution is -0.0506. The molecular formula is C25H22F2N6O2. The molecule has 35 heavy (non-hydrogen) atoms. The number of fused-ring (bicyclic) bond motifs is 9. The molecule has 1 N–H and O–H groups in total. The molecule has 1 aromatic carbocycles. The van der Waals surface area contributed by atoms with E-state index in [1.54, 1.807) is 34.8 Å². The van der Waals surface area contributed by atoms with E-state index in [4.69, 9.17) is 14.8 Å². The average Bonchev–Trinajstić information content (AvgIpc) is 3.37. The van der Waals surface area contributed by atoms with Crippen molar-refractivity contribution in [2.45, 2.75) is 31.5 Å². The number of nitrogens with one attached hydrogen (secondary N) is 1. The summed E-state index contributed by atoms with van der Waals surface area (Å²) in [6.07, 6.45) is 2.30. The van der Waals surface area contributed by atoms with Crippen LogP contribution >= 0.6 is 0 Å². The van der Waals surface area contributed by atoms with Crippen LogP contribution in [0.25, 0.3) is 16.9 Å². The Morgan fingerprint density at radius 3 is 2.80 bits per heavy atom. The molecule has 0 spiro atoms. The number of amides is 1. The molecule has 6 rings (SSSR count). The molecule has 0 saturated carbocycles. The van der Waals surface area contributed by atoms with Gasteiger partial charge in [-0.25, -0.2) is 9.50 Å². The van der Waals surface area contributed by atoms with Gasteiger partial charge in [-0.2, -0.15) is 13.9 Å². The van der Waals surface area contributed by atoms with Crippen molar-refractivity contribution in [1.29, 1.82) is 0 Å². The molecule has 3 aromatic heterocycles. The second-order valence-corrected chi connectivity index (χ2v) is 8.76. The number of carbonyl (C=O) groups excluding carboxylic acids is 1. The van der Waals surface area contributed by atoms with Gasteiger partial charge in [-0.15, -0.1) is 0 Å². The molecule has 0 saturated heterocycles. The predicted molar refractivity (Wildman–Crippen MR) is 123 cm³/mol. The molecule has 2 aliphatic rings. The fourth-order valence-electron chi connectivity index (χ4n) is 5.22. The first-order chi connectivity index (χ1) is 17.0. The van der Waals surface area contributed by atoms with Crippen molar-refractivity contribution in [3.05, 3.63) is 76.9 Å². The summed E-state index contributed by atoms with van der Waals surface area (Å²) in [7, 11) is 3.58. The van der Waals surface area contributed by atoms with E-state index in [9.17, 15) is 13.6 Å². The van der Waals surface area contributed by atoms with E-state index in [0.29, 0.717) is 35.4 Å². The van der Waals surface area contributed by atoms with Gasteiger partial charge >= 0.3 is 6.61 Å². The smallest absolute Gasteiger partial charge is 0.387 e. The number of alkyl halides is 2. The minimum atomic E-state index is -3.00. The third kappa shape index (κ3) is 3.35. The molecule has 2 unspecified atom stereocenters. The summed E-state index contributed by atoms with van der Waals surface area (Å²) in [6.45, 7) is -2.33. The number of ether oxygens (including phenoxy) is 1. The molecule has 10 heteroatoms. The maximum Gasteiger partial charge on any atom is 0.387 e. The van der Waals surface area contributed by atoms with Gasteiger partial charge in [0.25, 0.3) is 5.91 Å². The standard InChI is InChI=1S/C25H22F2N6O2/c1-28-12-14-7-6-13(11-29-14)17-8-9-20-30-22-18-10-16(23(22)33(20)31-17)21-15(24(34)32(18)2)4-3-5-19(21)35-25(26)27/h3-9,11,16,18,25,28H,10,12H2,1-2H3. The molecule has 4 aromatic rings. The molecule has 8 nitrogen and oxygen atoms in total. The Hall–Kier alpha value is -3.92. The summed E-state index contributed by atoms with van der Waals surface area (Å²) in [5.74, 6) is -0.604. The van der Waals surface area contributed by atoms with Gasteiger partial charge in [-0.1, -0.05) is 6.07 Å². The normalized spacial score (nSPS) is 18.7. The molecular weight excluding hydrogens is 454 g/mol. The molecule has 2 atom stereocenters. The van der Waals surface area contributed by atoms with Crippen LogP contribution in [0, 0.1) is 0 Å². The number of aromatic nitrogens is 4. The predicted octanol–water partition coefficient (Wildman–Crippen LogP) is 3.77. The number of benzene rings is 1. The fraction of sp³-hybridized carbons (Fsp3) is 0.280. The van der Waals surface area contributed by atoms with E-state index in [1.165, 1.54) is 6.07 Å². The van der Waals surface area contributed by atoms with E-state index < -0.39 is 6.61 Å². The second-order valence-electron chi connectivity index (χ2n) is 8.76. The molecule has 178 valence electrons. The average molecular weight is 476 g/mol. The number of hydrogen-bond acceptors (Lipinski definition) is 6. The van der Waals surface area contributed by atoms with Crippen molar-refractivity contribution in [1.82, 2.24) is 29.8 Å². The first-order valence-corrected chi connectivity index (χ1v) is 11.3. The lowest BCUT2D eigenvalue weighted by atomic mass is 9.91. The zero-order valence-electron chi connectivity index (χ0n) is 19.1. The van der Waals surface area contributed by atoms with Gasteiger partial charge in [-0.3, -0.25) is 9.78 Å². The number of nitrogens with zero attached hydrogens (tertiary/aromatic N) is 5. The van der Waals surface area contributed by atoms with E-state index in [-0.39, 0.29) is 23.6 Å². The van der Waals surface area contributed by atoms with Crippen molar-refractivity contribution in [3.8, 4) is 17.0 Å². The monoisotopic (exact) mass is 476 g/mol. The zero-order chi connectivity index (χ0) is 24.3. The Bertz CT molecular complexity index is 1450. The molecule has 2 bridgehead atoms. The molecule has 1 aliphatic carbocycles. The maximum absolute atomic E-state index is 13.3. The number of carbonyl (C=O) groups is 1. The van der Waals surface area contributed by atoms with Crippen LogP contribution < -0.4 is 10.1 Å². The van der Waals surface area contributed by atoms with Gasteiger partial charge in [0.1, 0.15) is 5.75 Å². The summed E-state index contributed by atoms with van der Waals surface area (Å²) in [6, 6.07) is 12.1. The largest absolute Gasteiger partial charge is 0.434 e. The highest BCUT2D eigenvalue weighted by Crippen LogP contribution is 2.52. The Labute approximate surface area is 199 Å². The third-order valence-electron chi connectivity index (χ3n) is 6.77. The number of hydrogen-bond donors (Lipinski definition) is 1. The Morgan fingerprint density at radius 1 is 1.20 bits per heavy atom. The highest BCUT2D eigenvalue weighted by Gasteiger charge is 2.46. The van der Waals surface area contributed by atoms with Crippen molar-refractivity contribution in [3.63, 3.8) is 0 Å². The topological polar surface area (TPSA) is 84.7 Å². The van der Waals surface area contributed by atoms with Crippen LogP contribution in [0.15, 0.2) is 48.7 Å². The van der Waals surface area contributed by atoms with Crippen LogP contribution in [0.4, 0.5) is 8.78 Å². The third-order valence-corrected chi connectivity index (χ3v) is 6.77. The van der Waals surface area contributed by atoms with Crippen molar-refractivity contribution in [2.24, 2.45) is 0 Å². The SMILES string of the molecule is CNCc1ccc(-c2ccc3nc4c(n3n2)C2CC4N(C)C(=O)c3cccc(OC(F)F)c32)cn1. The van der Waals surface area contributed by atoms with Crippen molar-refractivity contribution < 1.29 is 18.3 Å². The molecule has 4 heterocycles.